The lowest BCUT2D eigenvalue weighted by atomic mass is 10.5. The molecule has 0 atom stereocenters. The third-order valence-electron chi connectivity index (χ3n) is 1.94. The molecule has 0 spiro atoms. The molecule has 18 heavy (non-hydrogen) atoms. The summed E-state index contributed by atoms with van der Waals surface area (Å²) in [5.74, 6) is 0.297. The van der Waals surface area contributed by atoms with Crippen molar-refractivity contribution in [1.29, 1.82) is 0 Å². The van der Waals surface area contributed by atoms with Gasteiger partial charge in [0.25, 0.3) is 5.22 Å². The zero-order chi connectivity index (χ0) is 13.0. The van der Waals surface area contributed by atoms with Gasteiger partial charge >= 0.3 is 0 Å². The molecule has 0 bridgehead atoms. The molecule has 0 unspecified atom stereocenters. The van der Waals surface area contributed by atoms with Gasteiger partial charge in [-0.05, 0) is 18.2 Å². The monoisotopic (exact) mass is 269 g/mol. The van der Waals surface area contributed by atoms with Gasteiger partial charge in [0.2, 0.25) is 11.8 Å². The smallest absolute Gasteiger partial charge is 0.283 e. The SMILES string of the molecule is CCCNc1ncc(F)c(Sc2nnc(C)o2)n1. The van der Waals surface area contributed by atoms with Crippen LogP contribution < -0.4 is 5.32 Å². The van der Waals surface area contributed by atoms with Crippen LogP contribution in [-0.4, -0.2) is 26.7 Å². The van der Waals surface area contributed by atoms with Crippen LogP contribution in [0.25, 0.3) is 0 Å². The summed E-state index contributed by atoms with van der Waals surface area (Å²) in [6.45, 7) is 4.42. The lowest BCUT2D eigenvalue weighted by Gasteiger charge is -2.04. The predicted octanol–water partition coefficient (Wildman–Crippen LogP) is 2.28. The topological polar surface area (TPSA) is 76.7 Å². The number of aromatic nitrogens is 4. The van der Waals surface area contributed by atoms with Crippen LogP contribution in [0.4, 0.5) is 10.3 Å². The molecule has 8 heteroatoms. The van der Waals surface area contributed by atoms with Crippen molar-refractivity contribution in [3.8, 4) is 0 Å². The van der Waals surface area contributed by atoms with E-state index in [0.717, 1.165) is 30.9 Å². The van der Waals surface area contributed by atoms with Gasteiger partial charge in [0.1, 0.15) is 5.03 Å². The highest BCUT2D eigenvalue weighted by Crippen LogP contribution is 2.27. The molecule has 96 valence electrons. The Morgan fingerprint density at radius 2 is 2.28 bits per heavy atom. The number of hydrogen-bond donors (Lipinski definition) is 1. The van der Waals surface area contributed by atoms with Crippen molar-refractivity contribution < 1.29 is 8.81 Å². The Bertz CT molecular complexity index is 533. The Morgan fingerprint density at radius 3 is 2.94 bits per heavy atom. The molecular formula is C10H12FN5OS. The van der Waals surface area contributed by atoms with E-state index in [9.17, 15) is 4.39 Å². The second kappa shape index (κ2) is 5.76. The molecule has 2 heterocycles. The predicted molar refractivity (Wildman–Crippen MR) is 63.9 cm³/mol. The number of nitrogens with zero attached hydrogens (tertiary/aromatic N) is 4. The van der Waals surface area contributed by atoms with Gasteiger partial charge in [0, 0.05) is 13.5 Å². The maximum absolute atomic E-state index is 13.5. The summed E-state index contributed by atoms with van der Waals surface area (Å²) in [5.41, 5.74) is 0. The van der Waals surface area contributed by atoms with Crippen LogP contribution in [-0.2, 0) is 0 Å². The van der Waals surface area contributed by atoms with Crippen molar-refractivity contribution in [3.63, 3.8) is 0 Å². The normalized spacial score (nSPS) is 10.6. The molecule has 2 aromatic heterocycles. The number of aryl methyl sites for hydroxylation is 1. The van der Waals surface area contributed by atoms with Crippen LogP contribution in [0.15, 0.2) is 20.9 Å². The largest absolute Gasteiger partial charge is 0.416 e. The van der Waals surface area contributed by atoms with E-state index >= 15 is 0 Å². The van der Waals surface area contributed by atoms with Crippen LogP contribution in [0.1, 0.15) is 19.2 Å². The van der Waals surface area contributed by atoms with Gasteiger partial charge < -0.3 is 9.73 Å². The first-order valence-electron chi connectivity index (χ1n) is 5.43. The highest BCUT2D eigenvalue weighted by atomic mass is 32.2. The van der Waals surface area contributed by atoms with Crippen molar-refractivity contribution in [2.75, 3.05) is 11.9 Å². The summed E-state index contributed by atoms with van der Waals surface area (Å²) in [7, 11) is 0. The molecular weight excluding hydrogens is 257 g/mol. The first-order chi connectivity index (χ1) is 8.69. The number of anilines is 1. The van der Waals surface area contributed by atoms with Crippen LogP contribution in [0.3, 0.4) is 0 Å². The molecule has 0 radical (unpaired) electrons. The third-order valence-corrected chi connectivity index (χ3v) is 2.76. The van der Waals surface area contributed by atoms with E-state index in [0.29, 0.717) is 11.8 Å². The molecule has 2 aromatic rings. The van der Waals surface area contributed by atoms with E-state index in [4.69, 9.17) is 4.42 Å². The van der Waals surface area contributed by atoms with E-state index in [1.165, 1.54) is 0 Å². The maximum atomic E-state index is 13.5. The summed E-state index contributed by atoms with van der Waals surface area (Å²) in [6.07, 6.45) is 2.06. The van der Waals surface area contributed by atoms with Gasteiger partial charge in [-0.3, -0.25) is 0 Å². The molecule has 1 N–H and O–H groups in total. The maximum Gasteiger partial charge on any atom is 0.283 e. The fourth-order valence-corrected chi connectivity index (χ4v) is 1.84. The van der Waals surface area contributed by atoms with E-state index in [2.05, 4.69) is 25.5 Å². The zero-order valence-electron chi connectivity index (χ0n) is 9.97. The average molecular weight is 269 g/mol. The first-order valence-corrected chi connectivity index (χ1v) is 6.25. The average Bonchev–Trinajstić information content (AvgIpc) is 2.76. The van der Waals surface area contributed by atoms with Crippen molar-refractivity contribution in [2.45, 2.75) is 30.5 Å². The molecule has 2 rings (SSSR count). The third kappa shape index (κ3) is 3.16. The van der Waals surface area contributed by atoms with E-state index in [1.54, 1.807) is 6.92 Å². The molecule has 6 nitrogen and oxygen atoms in total. The fourth-order valence-electron chi connectivity index (χ4n) is 1.15. The molecule has 0 aliphatic carbocycles. The minimum absolute atomic E-state index is 0.159. The number of hydrogen-bond acceptors (Lipinski definition) is 7. The van der Waals surface area contributed by atoms with Gasteiger partial charge in [-0.2, -0.15) is 0 Å². The number of rotatable bonds is 5. The van der Waals surface area contributed by atoms with Crippen molar-refractivity contribution in [2.24, 2.45) is 0 Å². The van der Waals surface area contributed by atoms with Crippen LogP contribution in [0, 0.1) is 12.7 Å². The van der Waals surface area contributed by atoms with Crippen molar-refractivity contribution in [1.82, 2.24) is 20.2 Å². The lowest BCUT2D eigenvalue weighted by molar-refractivity contribution is 0.428. The van der Waals surface area contributed by atoms with Gasteiger partial charge in [-0.15, -0.1) is 10.2 Å². The molecule has 0 fully saturated rings. The van der Waals surface area contributed by atoms with Gasteiger partial charge in [-0.25, -0.2) is 14.4 Å². The zero-order valence-corrected chi connectivity index (χ0v) is 10.8. The van der Waals surface area contributed by atoms with Gasteiger partial charge in [0.15, 0.2) is 5.82 Å². The Labute approximate surface area is 107 Å². The molecule has 0 aliphatic rings. The van der Waals surface area contributed by atoms with Crippen LogP contribution in [0.5, 0.6) is 0 Å². The lowest BCUT2D eigenvalue weighted by Crippen LogP contribution is -2.05. The molecule has 0 aromatic carbocycles. The Kier molecular flexibility index (Phi) is 4.08. The summed E-state index contributed by atoms with van der Waals surface area (Å²) < 4.78 is 18.7. The Hall–Kier alpha value is -1.70. The summed E-state index contributed by atoms with van der Waals surface area (Å²) in [6, 6.07) is 0. The highest BCUT2D eigenvalue weighted by Gasteiger charge is 2.12. The van der Waals surface area contributed by atoms with E-state index < -0.39 is 5.82 Å². The van der Waals surface area contributed by atoms with Crippen molar-refractivity contribution in [3.05, 3.63) is 17.9 Å². The first kappa shape index (κ1) is 12.7. The van der Waals surface area contributed by atoms with E-state index in [1.807, 2.05) is 6.92 Å². The standard InChI is InChI=1S/C10H12FN5OS/c1-3-4-12-9-13-5-7(11)8(14-9)18-10-16-15-6(2)17-10/h5H,3-4H2,1-2H3,(H,12,13,14). The summed E-state index contributed by atoms with van der Waals surface area (Å²) in [5, 5.41) is 10.8. The highest BCUT2D eigenvalue weighted by molar-refractivity contribution is 7.99. The Morgan fingerprint density at radius 1 is 1.44 bits per heavy atom. The molecule has 0 amide bonds. The minimum atomic E-state index is -0.516. The molecule has 0 saturated heterocycles. The van der Waals surface area contributed by atoms with Crippen LogP contribution >= 0.6 is 11.8 Å². The quantitative estimate of drug-likeness (QED) is 0.834. The second-order valence-corrected chi connectivity index (χ2v) is 4.40. The molecule has 0 saturated carbocycles. The number of halogens is 1. The summed E-state index contributed by atoms with van der Waals surface area (Å²) >= 11 is 0.976. The van der Waals surface area contributed by atoms with Crippen molar-refractivity contribution >= 4 is 17.7 Å². The number of nitrogens with one attached hydrogen (secondary N) is 1. The van der Waals surface area contributed by atoms with Gasteiger partial charge in [0.05, 0.1) is 6.20 Å². The summed E-state index contributed by atoms with van der Waals surface area (Å²) in [4.78, 5) is 7.90. The van der Waals surface area contributed by atoms with Gasteiger partial charge in [-0.1, -0.05) is 6.92 Å². The Balaban J connectivity index is 2.15. The fraction of sp³-hybridized carbons (Fsp3) is 0.400. The van der Waals surface area contributed by atoms with E-state index in [-0.39, 0.29) is 10.2 Å². The molecule has 0 aliphatic heterocycles. The minimum Gasteiger partial charge on any atom is -0.416 e. The van der Waals surface area contributed by atoms with Crippen LogP contribution in [0.2, 0.25) is 0 Å². The second-order valence-electron chi connectivity index (χ2n) is 3.46.